The van der Waals surface area contributed by atoms with Gasteiger partial charge in [-0.15, -0.1) is 0 Å². The zero-order valence-corrected chi connectivity index (χ0v) is 13.3. The Kier molecular flexibility index (Phi) is 4.21. The smallest absolute Gasteiger partial charge is 0.343 e. The van der Waals surface area contributed by atoms with Gasteiger partial charge in [-0.2, -0.15) is 5.26 Å². The average molecular weight is 359 g/mol. The lowest BCUT2D eigenvalue weighted by Crippen LogP contribution is -2.21. The summed E-state index contributed by atoms with van der Waals surface area (Å²) in [7, 11) is -1.05. The van der Waals surface area contributed by atoms with E-state index >= 15 is 0 Å². The first kappa shape index (κ1) is 15.1. The van der Waals surface area contributed by atoms with E-state index in [9.17, 15) is 9.83 Å². The van der Waals surface area contributed by atoms with E-state index in [2.05, 4.69) is 15.9 Å². The topological polar surface area (TPSA) is 94.6 Å². The molecule has 20 heavy (non-hydrogen) atoms. The summed E-state index contributed by atoms with van der Waals surface area (Å²) < 4.78 is 28.9. The van der Waals surface area contributed by atoms with Gasteiger partial charge in [0.2, 0.25) is 5.88 Å². The number of nitrogens with two attached hydrogens (primary N) is 1. The molecule has 0 spiro atoms. The Morgan fingerprint density at radius 3 is 2.65 bits per heavy atom. The van der Waals surface area contributed by atoms with E-state index in [0.717, 1.165) is 4.47 Å². The van der Waals surface area contributed by atoms with Crippen LogP contribution in [0.15, 0.2) is 34.1 Å². The molecule has 0 radical (unpaired) electrons. The highest BCUT2D eigenvalue weighted by molar-refractivity contribution is 9.10. The summed E-state index contributed by atoms with van der Waals surface area (Å²) in [6, 6.07) is 7.05. The second kappa shape index (κ2) is 5.58. The van der Waals surface area contributed by atoms with Crippen LogP contribution in [0.3, 0.4) is 0 Å². The molecule has 0 fully saturated rings. The van der Waals surface area contributed by atoms with E-state index in [0.29, 0.717) is 11.3 Å². The van der Waals surface area contributed by atoms with E-state index in [4.69, 9.17) is 19.5 Å². The highest BCUT2D eigenvalue weighted by Gasteiger charge is 2.44. The van der Waals surface area contributed by atoms with Gasteiger partial charge in [0.1, 0.15) is 23.1 Å². The number of allylic oxidation sites excluding steroid dienone is 1. The number of nitrogens with zero attached hydrogens (tertiary/aromatic N) is 1. The third kappa shape index (κ3) is 2.36. The van der Waals surface area contributed by atoms with E-state index in [1.165, 1.54) is 14.2 Å². The van der Waals surface area contributed by atoms with E-state index in [-0.39, 0.29) is 11.5 Å². The fraction of sp³-hybridized carbons (Fsp3) is 0.250. The van der Waals surface area contributed by atoms with Crippen LogP contribution in [-0.2, 0) is 13.6 Å². The molecular formula is C12H12BrN2O4P. The summed E-state index contributed by atoms with van der Waals surface area (Å²) in [5.74, 6) is 0.325. The number of halogens is 1. The van der Waals surface area contributed by atoms with Gasteiger partial charge in [-0.25, -0.2) is 0 Å². The normalized spacial score (nSPS) is 18.2. The second-order valence-electron chi connectivity index (χ2n) is 3.98. The van der Waals surface area contributed by atoms with E-state index in [1.807, 2.05) is 6.07 Å². The molecule has 1 atom stereocenters. The van der Waals surface area contributed by atoms with Gasteiger partial charge in [-0.3, -0.25) is 4.57 Å². The number of rotatable bonds is 3. The third-order valence-corrected chi connectivity index (χ3v) is 5.65. The van der Waals surface area contributed by atoms with Crippen molar-refractivity contribution >= 4 is 23.5 Å². The van der Waals surface area contributed by atoms with Crippen molar-refractivity contribution in [1.29, 1.82) is 5.26 Å². The molecule has 1 aromatic rings. The van der Waals surface area contributed by atoms with Crippen LogP contribution in [0.5, 0.6) is 5.75 Å². The maximum atomic E-state index is 12.7. The Bertz CT molecular complexity index is 660. The van der Waals surface area contributed by atoms with Crippen LogP contribution >= 0.6 is 23.5 Å². The molecule has 1 heterocycles. The maximum Gasteiger partial charge on any atom is 0.343 e. The molecule has 0 saturated carbocycles. The van der Waals surface area contributed by atoms with Crippen molar-refractivity contribution in [3.63, 3.8) is 0 Å². The summed E-state index contributed by atoms with van der Waals surface area (Å²) in [6.45, 7) is 0. The molecular weight excluding hydrogens is 347 g/mol. The van der Waals surface area contributed by atoms with Crippen LogP contribution in [0, 0.1) is 11.3 Å². The van der Waals surface area contributed by atoms with Crippen LogP contribution in [0.2, 0.25) is 0 Å². The molecule has 0 amide bonds. The number of ether oxygens (including phenoxy) is 1. The molecule has 2 rings (SSSR count). The van der Waals surface area contributed by atoms with Crippen LogP contribution in [0.1, 0.15) is 11.2 Å². The van der Waals surface area contributed by atoms with E-state index in [1.54, 1.807) is 18.2 Å². The Balaban J connectivity index is 2.72. The molecule has 1 aliphatic heterocycles. The molecule has 106 valence electrons. The summed E-state index contributed by atoms with van der Waals surface area (Å²) in [5, 5.41) is 9.27. The highest BCUT2D eigenvalue weighted by Crippen LogP contribution is 2.65. The van der Waals surface area contributed by atoms with Gasteiger partial charge in [0.05, 0.1) is 0 Å². The number of hydrogen-bond acceptors (Lipinski definition) is 6. The first-order valence-corrected chi connectivity index (χ1v) is 7.95. The molecule has 0 bridgehead atoms. The number of hydrogen-bond donors (Lipinski definition) is 1. The summed E-state index contributed by atoms with van der Waals surface area (Å²) >= 11 is 3.33. The Morgan fingerprint density at radius 1 is 1.45 bits per heavy atom. The van der Waals surface area contributed by atoms with Crippen molar-refractivity contribution in [3.05, 3.63) is 39.7 Å². The predicted octanol–water partition coefficient (Wildman–Crippen LogP) is 3.06. The van der Waals surface area contributed by atoms with Crippen LogP contribution in [0.4, 0.5) is 0 Å². The predicted molar refractivity (Wildman–Crippen MR) is 76.0 cm³/mol. The largest absolute Gasteiger partial charge is 0.440 e. The standard InChI is InChI=1S/C12H12BrN2O4P/c1-17-20(16,18-2)11-8-5-7(13)3-4-10(8)19-12(15)9(11)6-14/h3-5,11H,15H2,1-2H3. The molecule has 0 aliphatic carbocycles. The quantitative estimate of drug-likeness (QED) is 0.834. The van der Waals surface area contributed by atoms with Crippen molar-refractivity contribution < 1.29 is 18.3 Å². The monoisotopic (exact) mass is 358 g/mol. The van der Waals surface area contributed by atoms with Crippen molar-refractivity contribution in [2.75, 3.05) is 14.2 Å². The molecule has 1 aromatic carbocycles. The van der Waals surface area contributed by atoms with Crippen LogP contribution in [-0.4, -0.2) is 14.2 Å². The first-order chi connectivity index (χ1) is 9.46. The maximum absolute atomic E-state index is 12.7. The fourth-order valence-electron chi connectivity index (χ4n) is 2.02. The lowest BCUT2D eigenvalue weighted by atomic mass is 10.0. The van der Waals surface area contributed by atoms with Gasteiger partial charge in [0.25, 0.3) is 0 Å². The lowest BCUT2D eigenvalue weighted by molar-refractivity contribution is 0.266. The zero-order valence-electron chi connectivity index (χ0n) is 10.8. The highest BCUT2D eigenvalue weighted by atomic mass is 79.9. The second-order valence-corrected chi connectivity index (χ2v) is 7.22. The Labute approximate surface area is 124 Å². The van der Waals surface area contributed by atoms with Crippen LogP contribution in [0.25, 0.3) is 0 Å². The average Bonchev–Trinajstić information content (AvgIpc) is 2.45. The van der Waals surface area contributed by atoms with Crippen molar-refractivity contribution in [3.8, 4) is 11.8 Å². The van der Waals surface area contributed by atoms with Crippen LogP contribution < -0.4 is 10.5 Å². The fourth-order valence-corrected chi connectivity index (χ4v) is 4.01. The van der Waals surface area contributed by atoms with Gasteiger partial charge in [0, 0.05) is 24.3 Å². The van der Waals surface area contributed by atoms with Gasteiger partial charge >= 0.3 is 7.60 Å². The van der Waals surface area contributed by atoms with Gasteiger partial charge < -0.3 is 19.5 Å². The number of fused-ring (bicyclic) bond motifs is 1. The number of benzene rings is 1. The summed E-state index contributed by atoms with van der Waals surface area (Å²) in [4.78, 5) is 0. The molecule has 1 unspecified atom stereocenters. The van der Waals surface area contributed by atoms with Crippen molar-refractivity contribution in [1.82, 2.24) is 0 Å². The summed E-state index contributed by atoms with van der Waals surface area (Å²) in [6.07, 6.45) is 0. The van der Waals surface area contributed by atoms with Gasteiger partial charge in [0.15, 0.2) is 0 Å². The minimum absolute atomic E-state index is 0.0302. The molecule has 1 aliphatic rings. The Hall–Kier alpha value is -1.32. The molecule has 0 aromatic heterocycles. The third-order valence-electron chi connectivity index (χ3n) is 2.97. The van der Waals surface area contributed by atoms with Crippen molar-refractivity contribution in [2.45, 2.75) is 5.66 Å². The van der Waals surface area contributed by atoms with E-state index < -0.39 is 13.3 Å². The SMILES string of the molecule is COP(=O)(OC)C1C(C#N)=C(N)Oc2ccc(Br)cc21. The number of nitriles is 1. The molecule has 8 heteroatoms. The zero-order chi connectivity index (χ0) is 14.9. The summed E-state index contributed by atoms with van der Waals surface area (Å²) in [5.41, 5.74) is 5.37. The minimum atomic E-state index is -3.58. The first-order valence-electron chi connectivity index (χ1n) is 5.55. The molecule has 0 saturated heterocycles. The Morgan fingerprint density at radius 2 is 2.10 bits per heavy atom. The molecule has 2 N–H and O–H groups in total. The van der Waals surface area contributed by atoms with Gasteiger partial charge in [-0.1, -0.05) is 15.9 Å². The minimum Gasteiger partial charge on any atom is -0.440 e. The van der Waals surface area contributed by atoms with Crippen molar-refractivity contribution in [2.24, 2.45) is 5.73 Å². The van der Waals surface area contributed by atoms with Gasteiger partial charge in [-0.05, 0) is 18.2 Å². The molecule has 6 nitrogen and oxygen atoms in total. The lowest BCUT2D eigenvalue weighted by Gasteiger charge is -2.29.